The van der Waals surface area contributed by atoms with Crippen LogP contribution in [0.3, 0.4) is 0 Å². The van der Waals surface area contributed by atoms with Gasteiger partial charge < -0.3 is 33.8 Å². The molecule has 17 nitrogen and oxygen atoms in total. The fraction of sp³-hybridized carbons (Fsp3) is 0.831. The maximum Gasteiger partial charge on any atom is 0.472 e. The SMILES string of the molecule is CCCCC/C=C\C/C=C\CCCCCCCC(=O)O[C@H](COC(=O)CCCCCCCCC/C=C\CCCCCCCC)COP(=O)(O)OCC(O)COP(=O)(O)OC[C@@H](COC(=O)CCCCCCCCC/C=C\CCCCCC)OC(=O)CCCCCCCCC/C=C\CCCCCC. The van der Waals surface area contributed by atoms with Crippen LogP contribution in [0, 0.1) is 0 Å². The number of hydrogen-bond donors (Lipinski definition) is 3. The van der Waals surface area contributed by atoms with Gasteiger partial charge in [-0.2, -0.15) is 0 Å². The van der Waals surface area contributed by atoms with Crippen LogP contribution in [-0.4, -0.2) is 96.7 Å². The Hall–Kier alpha value is -3.24. The summed E-state index contributed by atoms with van der Waals surface area (Å²) in [6.07, 6.45) is 76.1. The van der Waals surface area contributed by atoms with Crippen molar-refractivity contribution in [3.8, 4) is 0 Å². The summed E-state index contributed by atoms with van der Waals surface area (Å²) in [4.78, 5) is 73.1. The second kappa shape index (κ2) is 76.0. The quantitative estimate of drug-likeness (QED) is 0.0169. The Morgan fingerprint density at radius 1 is 0.275 bits per heavy atom. The maximum absolute atomic E-state index is 13.1. The fourth-order valence-electron chi connectivity index (χ4n) is 11.5. The highest BCUT2D eigenvalue weighted by Crippen LogP contribution is 2.45. The number of rotatable bonds is 79. The molecule has 19 heteroatoms. The summed E-state index contributed by atoms with van der Waals surface area (Å²) in [5.41, 5.74) is 0. The summed E-state index contributed by atoms with van der Waals surface area (Å²) in [7, 11) is -9.95. The standard InChI is InChI=1S/C83H152O17P2/c1-5-9-13-17-21-25-29-33-37-38-42-44-48-52-56-60-64-68-81(86)94-74-79(100-83(88)70-66-62-58-54-50-46-41-36-32-28-24-20-16-12-8-4)76-98-102(91,92)96-72-77(84)71-95-101(89,90)97-75-78(99-82(87)69-65-61-57-53-49-45-40-35-31-27-23-19-15-11-7-3)73-93-80(85)67-63-59-55-51-47-43-39-34-30-26-22-18-14-10-6-2/h24,26-28,30-31,33,36-37,41,77-79,84H,5-23,25,29,32,34-35,38-40,42-76H2,1-4H3,(H,89,90)(H,91,92)/b28-24-,30-26-,31-27-,37-33-,41-36-/t77?,78-,79-/m1/s1. The molecule has 596 valence electrons. The summed E-state index contributed by atoms with van der Waals surface area (Å²) >= 11 is 0. The van der Waals surface area contributed by atoms with Gasteiger partial charge >= 0.3 is 39.5 Å². The van der Waals surface area contributed by atoms with Crippen molar-refractivity contribution in [2.45, 2.75) is 406 Å². The second-order valence-electron chi connectivity index (χ2n) is 28.1. The fourth-order valence-corrected chi connectivity index (χ4v) is 13.1. The van der Waals surface area contributed by atoms with Crippen molar-refractivity contribution in [3.63, 3.8) is 0 Å². The Bertz CT molecular complexity index is 2170. The normalized spacial score (nSPS) is 14.1. The van der Waals surface area contributed by atoms with Crippen molar-refractivity contribution in [1.82, 2.24) is 0 Å². The highest BCUT2D eigenvalue weighted by atomic mass is 31.2. The maximum atomic E-state index is 13.1. The van der Waals surface area contributed by atoms with Gasteiger partial charge in [-0.25, -0.2) is 9.13 Å². The first-order chi connectivity index (χ1) is 49.7. The lowest BCUT2D eigenvalue weighted by molar-refractivity contribution is -0.161. The van der Waals surface area contributed by atoms with Crippen molar-refractivity contribution in [2.24, 2.45) is 0 Å². The average molecular weight is 1480 g/mol. The van der Waals surface area contributed by atoms with Crippen molar-refractivity contribution >= 4 is 39.5 Å². The van der Waals surface area contributed by atoms with Gasteiger partial charge in [0, 0.05) is 25.7 Å². The molecule has 0 aliphatic heterocycles. The van der Waals surface area contributed by atoms with Crippen LogP contribution in [0.15, 0.2) is 60.8 Å². The van der Waals surface area contributed by atoms with Crippen LogP contribution in [-0.2, 0) is 65.4 Å². The first-order valence-corrected chi connectivity index (χ1v) is 44.5. The van der Waals surface area contributed by atoms with E-state index in [9.17, 15) is 43.2 Å². The highest BCUT2D eigenvalue weighted by Gasteiger charge is 2.30. The molecule has 102 heavy (non-hydrogen) atoms. The molecular formula is C83H152O17P2. The Balaban J connectivity index is 5.34. The molecule has 0 saturated carbocycles. The van der Waals surface area contributed by atoms with E-state index < -0.39 is 97.5 Å². The predicted molar refractivity (Wildman–Crippen MR) is 418 cm³/mol. The first-order valence-electron chi connectivity index (χ1n) is 41.5. The molecule has 5 atom stereocenters. The third-order valence-corrected chi connectivity index (χ3v) is 19.8. The lowest BCUT2D eigenvalue weighted by Gasteiger charge is -2.21. The number of ether oxygens (including phenoxy) is 4. The molecule has 3 N–H and O–H groups in total. The number of phosphoric ester groups is 2. The lowest BCUT2D eigenvalue weighted by Crippen LogP contribution is -2.30. The number of esters is 4. The van der Waals surface area contributed by atoms with E-state index in [1.54, 1.807) is 0 Å². The minimum atomic E-state index is -4.98. The molecule has 0 aromatic heterocycles. The molecule has 0 radical (unpaired) electrons. The Labute approximate surface area is 622 Å². The van der Waals surface area contributed by atoms with Crippen molar-refractivity contribution < 1.29 is 80.2 Å². The Morgan fingerprint density at radius 2 is 0.480 bits per heavy atom. The highest BCUT2D eigenvalue weighted by molar-refractivity contribution is 7.47. The average Bonchev–Trinajstić information content (AvgIpc) is 0.919. The molecule has 0 aliphatic rings. The van der Waals surface area contributed by atoms with Crippen LogP contribution in [0.25, 0.3) is 0 Å². The minimum Gasteiger partial charge on any atom is -0.462 e. The van der Waals surface area contributed by atoms with Crippen LogP contribution in [0.2, 0.25) is 0 Å². The molecule has 0 bridgehead atoms. The van der Waals surface area contributed by atoms with Crippen LogP contribution in [0.4, 0.5) is 0 Å². The number of aliphatic hydroxyl groups excluding tert-OH is 1. The first kappa shape index (κ1) is 98.8. The molecule has 0 spiro atoms. The zero-order chi connectivity index (χ0) is 74.6. The van der Waals surface area contributed by atoms with Crippen LogP contribution in [0.5, 0.6) is 0 Å². The van der Waals surface area contributed by atoms with Gasteiger partial charge in [-0.3, -0.25) is 37.3 Å². The van der Waals surface area contributed by atoms with Gasteiger partial charge in [0.05, 0.1) is 26.4 Å². The molecule has 0 fully saturated rings. The van der Waals surface area contributed by atoms with Crippen LogP contribution < -0.4 is 0 Å². The van der Waals surface area contributed by atoms with Crippen molar-refractivity contribution in [2.75, 3.05) is 39.6 Å². The van der Waals surface area contributed by atoms with E-state index in [2.05, 4.69) is 88.5 Å². The lowest BCUT2D eigenvalue weighted by atomic mass is 10.1. The summed E-state index contributed by atoms with van der Waals surface area (Å²) in [6, 6.07) is 0. The molecular weight excluding hydrogens is 1330 g/mol. The molecule has 0 aromatic carbocycles. The van der Waals surface area contributed by atoms with Crippen molar-refractivity contribution in [1.29, 1.82) is 0 Å². The van der Waals surface area contributed by atoms with Gasteiger partial charge in [0.25, 0.3) is 0 Å². The smallest absolute Gasteiger partial charge is 0.462 e. The number of unbranched alkanes of at least 4 members (excludes halogenated alkanes) is 43. The Morgan fingerprint density at radius 3 is 0.765 bits per heavy atom. The monoisotopic (exact) mass is 1480 g/mol. The van der Waals surface area contributed by atoms with Gasteiger partial charge in [0.1, 0.15) is 19.3 Å². The van der Waals surface area contributed by atoms with Gasteiger partial charge in [0.2, 0.25) is 0 Å². The summed E-state index contributed by atoms with van der Waals surface area (Å²) in [6.45, 7) is 4.87. The van der Waals surface area contributed by atoms with E-state index in [0.29, 0.717) is 25.7 Å². The minimum absolute atomic E-state index is 0.0822. The number of phosphoric acid groups is 2. The van der Waals surface area contributed by atoms with E-state index in [0.717, 1.165) is 167 Å². The number of allylic oxidation sites excluding steroid dienone is 10. The zero-order valence-electron chi connectivity index (χ0n) is 65.3. The molecule has 0 aromatic rings. The largest absolute Gasteiger partial charge is 0.472 e. The third kappa shape index (κ3) is 75.0. The second-order valence-corrected chi connectivity index (χ2v) is 31.0. The summed E-state index contributed by atoms with van der Waals surface area (Å²) < 4.78 is 68.7. The number of carbonyl (C=O) groups is 4. The van der Waals surface area contributed by atoms with Gasteiger partial charge in [-0.15, -0.1) is 0 Å². The topological polar surface area (TPSA) is 237 Å². The van der Waals surface area contributed by atoms with E-state index in [-0.39, 0.29) is 25.7 Å². The zero-order valence-corrected chi connectivity index (χ0v) is 67.1. The van der Waals surface area contributed by atoms with Gasteiger partial charge in [-0.1, -0.05) is 288 Å². The van der Waals surface area contributed by atoms with E-state index in [1.165, 1.54) is 141 Å². The molecule has 0 amide bonds. The summed E-state index contributed by atoms with van der Waals surface area (Å²) in [5.74, 6) is -2.17. The number of hydrogen-bond acceptors (Lipinski definition) is 15. The van der Waals surface area contributed by atoms with Crippen LogP contribution >= 0.6 is 15.6 Å². The van der Waals surface area contributed by atoms with E-state index >= 15 is 0 Å². The van der Waals surface area contributed by atoms with Gasteiger partial charge in [0.15, 0.2) is 12.2 Å². The molecule has 3 unspecified atom stereocenters. The van der Waals surface area contributed by atoms with E-state index in [1.807, 2.05) is 0 Å². The van der Waals surface area contributed by atoms with Gasteiger partial charge in [-0.05, 0) is 135 Å². The van der Waals surface area contributed by atoms with E-state index in [4.69, 9.17) is 37.0 Å². The molecule has 0 rings (SSSR count). The van der Waals surface area contributed by atoms with Crippen LogP contribution in [0.1, 0.15) is 387 Å². The molecule has 0 aliphatic carbocycles. The number of aliphatic hydroxyl groups is 1. The predicted octanol–water partition coefficient (Wildman–Crippen LogP) is 24.2. The third-order valence-electron chi connectivity index (χ3n) is 17.9. The molecule has 0 heterocycles. The molecule has 0 saturated heterocycles. The summed E-state index contributed by atoms with van der Waals surface area (Å²) in [5, 5.41) is 10.6. The Kier molecular flexibility index (Phi) is 73.6. The number of carbonyl (C=O) groups excluding carboxylic acids is 4. The van der Waals surface area contributed by atoms with Crippen molar-refractivity contribution in [3.05, 3.63) is 60.8 Å².